The van der Waals surface area contributed by atoms with E-state index in [0.717, 1.165) is 33.4 Å². The standard InChI is InChI=1S/C21H26ClNO2S/c1-21(2,3)17-9-5-7-11-19(17)25-14-20(24)23-12-13-26-15-16-8-4-6-10-18(16)22/h4-11H,12-15H2,1-3H3,(H,23,24). The molecule has 2 aromatic rings. The van der Waals surface area contributed by atoms with Gasteiger partial charge >= 0.3 is 0 Å². The molecular weight excluding hydrogens is 366 g/mol. The Morgan fingerprint density at radius 1 is 1.12 bits per heavy atom. The molecule has 1 N–H and O–H groups in total. The molecule has 2 rings (SSSR count). The summed E-state index contributed by atoms with van der Waals surface area (Å²) in [5.41, 5.74) is 2.19. The van der Waals surface area contributed by atoms with Crippen molar-refractivity contribution < 1.29 is 9.53 Å². The van der Waals surface area contributed by atoms with Crippen LogP contribution in [0.5, 0.6) is 5.75 Å². The third-order valence-corrected chi connectivity index (χ3v) is 5.21. The molecule has 1 amide bonds. The van der Waals surface area contributed by atoms with Crippen LogP contribution in [0.4, 0.5) is 0 Å². The number of amides is 1. The maximum atomic E-state index is 12.0. The Balaban J connectivity index is 1.69. The van der Waals surface area contributed by atoms with E-state index in [1.54, 1.807) is 11.8 Å². The van der Waals surface area contributed by atoms with Gasteiger partial charge in [-0.25, -0.2) is 0 Å². The second-order valence-electron chi connectivity index (χ2n) is 7.03. The third kappa shape index (κ3) is 6.58. The number of carbonyl (C=O) groups is 1. The van der Waals surface area contributed by atoms with Crippen LogP contribution in [-0.4, -0.2) is 24.8 Å². The van der Waals surface area contributed by atoms with Crippen molar-refractivity contribution in [2.24, 2.45) is 0 Å². The van der Waals surface area contributed by atoms with Crippen LogP contribution in [0.1, 0.15) is 31.9 Å². The van der Waals surface area contributed by atoms with Gasteiger partial charge in [-0.2, -0.15) is 11.8 Å². The highest BCUT2D eigenvalue weighted by molar-refractivity contribution is 7.98. The summed E-state index contributed by atoms with van der Waals surface area (Å²) in [7, 11) is 0. The van der Waals surface area contributed by atoms with Crippen molar-refractivity contribution in [3.8, 4) is 5.75 Å². The summed E-state index contributed by atoms with van der Waals surface area (Å²) in [6.07, 6.45) is 0. The summed E-state index contributed by atoms with van der Waals surface area (Å²) in [6.45, 7) is 7.03. The van der Waals surface area contributed by atoms with Crippen molar-refractivity contribution in [3.63, 3.8) is 0 Å². The first-order valence-corrected chi connectivity index (χ1v) is 10.2. The average Bonchev–Trinajstić information content (AvgIpc) is 2.60. The van der Waals surface area contributed by atoms with Gasteiger partial charge in [-0.3, -0.25) is 4.79 Å². The molecule has 0 aromatic heterocycles. The number of halogens is 1. The van der Waals surface area contributed by atoms with Gasteiger partial charge in [0, 0.05) is 23.1 Å². The van der Waals surface area contributed by atoms with Crippen molar-refractivity contribution >= 4 is 29.3 Å². The minimum absolute atomic E-state index is 0.0254. The predicted molar refractivity (Wildman–Crippen MR) is 111 cm³/mol. The van der Waals surface area contributed by atoms with Gasteiger partial charge in [-0.05, 0) is 28.7 Å². The molecule has 0 fully saturated rings. The van der Waals surface area contributed by atoms with Gasteiger partial charge in [0.1, 0.15) is 5.75 Å². The Kier molecular flexibility index (Phi) is 7.85. The SMILES string of the molecule is CC(C)(C)c1ccccc1OCC(=O)NCCSCc1ccccc1Cl. The van der Waals surface area contributed by atoms with Crippen LogP contribution in [-0.2, 0) is 16.0 Å². The molecule has 26 heavy (non-hydrogen) atoms. The second kappa shape index (κ2) is 9.89. The number of rotatable bonds is 8. The number of hydrogen-bond donors (Lipinski definition) is 1. The van der Waals surface area contributed by atoms with Crippen LogP contribution in [0, 0.1) is 0 Å². The van der Waals surface area contributed by atoms with Gasteiger partial charge in [-0.1, -0.05) is 68.8 Å². The molecule has 0 spiro atoms. The topological polar surface area (TPSA) is 38.3 Å². The van der Waals surface area contributed by atoms with E-state index in [0.29, 0.717) is 6.54 Å². The number of thioether (sulfide) groups is 1. The maximum absolute atomic E-state index is 12.0. The zero-order valence-electron chi connectivity index (χ0n) is 15.5. The Morgan fingerprint density at radius 3 is 2.54 bits per heavy atom. The number of ether oxygens (including phenoxy) is 1. The summed E-state index contributed by atoms with van der Waals surface area (Å²) in [5, 5.41) is 3.68. The number of para-hydroxylation sites is 1. The molecular formula is C21H26ClNO2S. The monoisotopic (exact) mass is 391 g/mol. The quantitative estimate of drug-likeness (QED) is 0.638. The summed E-state index contributed by atoms with van der Waals surface area (Å²) >= 11 is 7.87. The van der Waals surface area contributed by atoms with E-state index in [2.05, 4.69) is 26.1 Å². The molecule has 140 valence electrons. The van der Waals surface area contributed by atoms with Crippen LogP contribution in [0.2, 0.25) is 5.02 Å². The first kappa shape index (κ1) is 20.7. The van der Waals surface area contributed by atoms with E-state index in [4.69, 9.17) is 16.3 Å². The predicted octanol–water partition coefficient (Wildman–Crippen LogP) is 5.07. The molecule has 0 aliphatic carbocycles. The second-order valence-corrected chi connectivity index (χ2v) is 8.54. The van der Waals surface area contributed by atoms with Gasteiger partial charge in [0.05, 0.1) is 0 Å². The molecule has 0 heterocycles. The first-order chi connectivity index (χ1) is 12.4. The largest absolute Gasteiger partial charge is 0.483 e. The normalized spacial score (nSPS) is 11.2. The lowest BCUT2D eigenvalue weighted by Gasteiger charge is -2.22. The zero-order chi connectivity index (χ0) is 19.0. The number of carbonyl (C=O) groups excluding carboxylic acids is 1. The molecule has 3 nitrogen and oxygen atoms in total. The van der Waals surface area contributed by atoms with E-state index in [1.807, 2.05) is 48.5 Å². The summed E-state index contributed by atoms with van der Waals surface area (Å²) < 4.78 is 5.73. The number of benzene rings is 2. The maximum Gasteiger partial charge on any atom is 0.257 e. The van der Waals surface area contributed by atoms with Crippen molar-refractivity contribution in [1.82, 2.24) is 5.32 Å². The van der Waals surface area contributed by atoms with Crippen molar-refractivity contribution in [2.75, 3.05) is 18.9 Å². The summed E-state index contributed by atoms with van der Waals surface area (Å²) in [5.74, 6) is 2.33. The third-order valence-electron chi connectivity index (χ3n) is 3.84. The van der Waals surface area contributed by atoms with Gasteiger partial charge in [-0.15, -0.1) is 0 Å². The van der Waals surface area contributed by atoms with Crippen molar-refractivity contribution in [3.05, 3.63) is 64.7 Å². The number of hydrogen-bond acceptors (Lipinski definition) is 3. The van der Waals surface area contributed by atoms with Gasteiger partial charge in [0.25, 0.3) is 5.91 Å². The highest BCUT2D eigenvalue weighted by atomic mass is 35.5. The molecule has 0 saturated carbocycles. The minimum Gasteiger partial charge on any atom is -0.483 e. The zero-order valence-corrected chi connectivity index (χ0v) is 17.1. The van der Waals surface area contributed by atoms with Gasteiger partial charge < -0.3 is 10.1 Å². The van der Waals surface area contributed by atoms with Crippen LogP contribution in [0.3, 0.4) is 0 Å². The smallest absolute Gasteiger partial charge is 0.257 e. The molecule has 0 saturated heterocycles. The average molecular weight is 392 g/mol. The lowest BCUT2D eigenvalue weighted by molar-refractivity contribution is -0.122. The lowest BCUT2D eigenvalue weighted by atomic mass is 9.86. The van der Waals surface area contributed by atoms with Crippen molar-refractivity contribution in [2.45, 2.75) is 31.9 Å². The Bertz CT molecular complexity index is 728. The fourth-order valence-corrected chi connectivity index (χ4v) is 3.61. The Morgan fingerprint density at radius 2 is 1.81 bits per heavy atom. The fourth-order valence-electron chi connectivity index (χ4n) is 2.47. The van der Waals surface area contributed by atoms with Crippen LogP contribution in [0.15, 0.2) is 48.5 Å². The fraction of sp³-hybridized carbons (Fsp3) is 0.381. The summed E-state index contributed by atoms with van der Waals surface area (Å²) in [4.78, 5) is 12.0. The van der Waals surface area contributed by atoms with Crippen LogP contribution < -0.4 is 10.1 Å². The Hall–Kier alpha value is -1.65. The molecule has 0 radical (unpaired) electrons. The molecule has 0 aliphatic rings. The molecule has 0 atom stereocenters. The van der Waals surface area contributed by atoms with E-state index < -0.39 is 0 Å². The van der Waals surface area contributed by atoms with Crippen molar-refractivity contribution in [1.29, 1.82) is 0 Å². The van der Waals surface area contributed by atoms with Crippen LogP contribution in [0.25, 0.3) is 0 Å². The van der Waals surface area contributed by atoms with E-state index in [1.165, 1.54) is 0 Å². The molecule has 2 aromatic carbocycles. The van der Waals surface area contributed by atoms with Gasteiger partial charge in [0.2, 0.25) is 0 Å². The summed E-state index contributed by atoms with van der Waals surface area (Å²) in [6, 6.07) is 15.7. The van der Waals surface area contributed by atoms with E-state index in [9.17, 15) is 4.79 Å². The van der Waals surface area contributed by atoms with Crippen LogP contribution >= 0.6 is 23.4 Å². The van der Waals surface area contributed by atoms with E-state index in [-0.39, 0.29) is 17.9 Å². The van der Waals surface area contributed by atoms with E-state index >= 15 is 0 Å². The Labute approximate surface area is 165 Å². The lowest BCUT2D eigenvalue weighted by Crippen LogP contribution is -2.31. The molecule has 5 heteroatoms. The first-order valence-electron chi connectivity index (χ1n) is 8.68. The van der Waals surface area contributed by atoms with Gasteiger partial charge in [0.15, 0.2) is 6.61 Å². The highest BCUT2D eigenvalue weighted by Crippen LogP contribution is 2.30. The molecule has 0 aliphatic heterocycles. The molecule has 0 unspecified atom stereocenters. The molecule has 0 bridgehead atoms. The minimum atomic E-state index is -0.105. The number of nitrogens with one attached hydrogen (secondary N) is 1. The highest BCUT2D eigenvalue weighted by Gasteiger charge is 2.18.